The van der Waals surface area contributed by atoms with Gasteiger partial charge in [0.15, 0.2) is 0 Å². The molecule has 0 spiro atoms. The van der Waals surface area contributed by atoms with Gasteiger partial charge in [0.05, 0.1) is 5.56 Å². The van der Waals surface area contributed by atoms with Crippen LogP contribution in [0.3, 0.4) is 0 Å². The molecule has 1 heterocycles. The highest BCUT2D eigenvalue weighted by molar-refractivity contribution is 6.13. The molecule has 0 aliphatic rings. The first kappa shape index (κ1) is 9.78. The topological polar surface area (TPSA) is 74.7 Å². The third kappa shape index (κ3) is 2.08. The lowest BCUT2D eigenvalue weighted by molar-refractivity contribution is 0.930. The summed E-state index contributed by atoms with van der Waals surface area (Å²) in [4.78, 5) is 6.50. The van der Waals surface area contributed by atoms with E-state index in [9.17, 15) is 0 Å². The average molecular weight is 197 g/mol. The fraction of sp³-hybridized carbons (Fsp3) is 0.250. The summed E-state index contributed by atoms with van der Waals surface area (Å²) in [6.07, 6.45) is 0. The van der Waals surface area contributed by atoms with Crippen LogP contribution in [0.1, 0.15) is 16.8 Å². The highest BCUT2D eigenvalue weighted by Crippen LogP contribution is 2.13. The number of halogens is 1. The maximum Gasteiger partial charge on any atom is 0.141 e. The van der Waals surface area contributed by atoms with Gasteiger partial charge in [0.1, 0.15) is 11.9 Å². The Bertz CT molecular complexity index is 356. The number of hydrogen-bond donors (Lipinski definition) is 2. The minimum atomic E-state index is 0.262. The van der Waals surface area contributed by atoms with Crippen LogP contribution in [-0.4, -0.2) is 4.98 Å². The lowest BCUT2D eigenvalue weighted by Gasteiger charge is -2.05. The molecule has 0 aromatic carbocycles. The molecule has 3 N–H and O–H groups in total. The molecule has 13 heavy (non-hydrogen) atoms. The molecule has 0 aliphatic heterocycles. The lowest BCUT2D eigenvalue weighted by atomic mass is 10.1. The van der Waals surface area contributed by atoms with Crippen molar-refractivity contribution < 1.29 is 0 Å². The van der Waals surface area contributed by atoms with Crippen LogP contribution in [-0.2, 0) is 6.54 Å². The summed E-state index contributed by atoms with van der Waals surface area (Å²) in [5.41, 5.74) is 7.55. The predicted molar refractivity (Wildman–Crippen MR) is 50.8 cm³/mol. The third-order valence-corrected chi connectivity index (χ3v) is 1.86. The van der Waals surface area contributed by atoms with Crippen LogP contribution < -0.4 is 10.6 Å². The van der Waals surface area contributed by atoms with Crippen LogP contribution in [0.25, 0.3) is 0 Å². The molecule has 1 rings (SSSR count). The second-order valence-electron chi connectivity index (χ2n) is 2.59. The van der Waals surface area contributed by atoms with Crippen molar-refractivity contribution in [2.24, 2.45) is 0 Å². The number of anilines is 1. The van der Waals surface area contributed by atoms with E-state index in [1.165, 1.54) is 0 Å². The molecule has 1 aromatic heterocycles. The summed E-state index contributed by atoms with van der Waals surface area (Å²) < 4.78 is 0. The zero-order valence-electron chi connectivity index (χ0n) is 7.13. The van der Waals surface area contributed by atoms with Crippen LogP contribution in [0.5, 0.6) is 0 Å². The molecule has 0 bridgehead atoms. The minimum absolute atomic E-state index is 0.262. The van der Waals surface area contributed by atoms with Crippen molar-refractivity contribution in [3.63, 3.8) is 0 Å². The Balaban J connectivity index is 3.16. The monoisotopic (exact) mass is 196 g/mol. The first-order valence-corrected chi connectivity index (χ1v) is 4.06. The molecule has 0 atom stereocenters. The molecule has 4 nitrogen and oxygen atoms in total. The molecule has 0 saturated carbocycles. The van der Waals surface area contributed by atoms with E-state index in [1.54, 1.807) is 6.07 Å². The number of nitriles is 1. The molecular weight excluding hydrogens is 188 g/mol. The van der Waals surface area contributed by atoms with Crippen molar-refractivity contribution >= 4 is 17.6 Å². The van der Waals surface area contributed by atoms with E-state index >= 15 is 0 Å². The number of aromatic nitrogens is 1. The normalized spacial score (nSPS) is 9.62. The van der Waals surface area contributed by atoms with Gasteiger partial charge in [-0.1, -0.05) is 0 Å². The summed E-state index contributed by atoms with van der Waals surface area (Å²) in [6, 6.07) is 3.65. The average Bonchev–Trinajstić information content (AvgIpc) is 2.10. The van der Waals surface area contributed by atoms with Crippen molar-refractivity contribution in [2.45, 2.75) is 13.5 Å². The zero-order valence-corrected chi connectivity index (χ0v) is 7.89. The maximum atomic E-state index is 8.68. The van der Waals surface area contributed by atoms with E-state index in [2.05, 4.69) is 9.82 Å². The van der Waals surface area contributed by atoms with Gasteiger partial charge in [-0.15, -0.1) is 0 Å². The minimum Gasteiger partial charge on any atom is -0.383 e. The third-order valence-electron chi connectivity index (χ3n) is 1.73. The highest BCUT2D eigenvalue weighted by atomic mass is 35.5. The first-order chi connectivity index (χ1) is 6.19. The molecule has 0 amide bonds. The van der Waals surface area contributed by atoms with E-state index < -0.39 is 0 Å². The van der Waals surface area contributed by atoms with Crippen molar-refractivity contribution in [3.8, 4) is 6.07 Å². The van der Waals surface area contributed by atoms with E-state index in [1.807, 2.05) is 13.0 Å². The smallest absolute Gasteiger partial charge is 0.141 e. The Morgan fingerprint density at radius 3 is 3.00 bits per heavy atom. The Kier molecular flexibility index (Phi) is 3.07. The summed E-state index contributed by atoms with van der Waals surface area (Å²) in [5.74, 6) is 0.262. The molecule has 0 radical (unpaired) electrons. The van der Waals surface area contributed by atoms with Crippen LogP contribution in [0.2, 0.25) is 0 Å². The molecule has 0 aliphatic carbocycles. The molecule has 68 valence electrons. The number of hydrogen-bond acceptors (Lipinski definition) is 4. The highest BCUT2D eigenvalue weighted by Gasteiger charge is 2.05. The lowest BCUT2D eigenvalue weighted by Crippen LogP contribution is -2.05. The van der Waals surface area contributed by atoms with Gasteiger partial charge in [0.2, 0.25) is 0 Å². The molecule has 1 aromatic rings. The number of aryl methyl sites for hydroxylation is 1. The number of nitrogen functional groups attached to an aromatic ring is 1. The second kappa shape index (κ2) is 4.08. The van der Waals surface area contributed by atoms with Gasteiger partial charge in [-0.25, -0.2) is 9.82 Å². The van der Waals surface area contributed by atoms with E-state index in [4.69, 9.17) is 22.8 Å². The number of pyridine rings is 1. The molecule has 5 heteroatoms. The molecule has 0 fully saturated rings. The Labute approximate surface area is 81.4 Å². The zero-order chi connectivity index (χ0) is 9.84. The van der Waals surface area contributed by atoms with Gasteiger partial charge >= 0.3 is 0 Å². The summed E-state index contributed by atoms with van der Waals surface area (Å²) in [5, 5.41) is 8.68. The first-order valence-electron chi connectivity index (χ1n) is 3.68. The van der Waals surface area contributed by atoms with Gasteiger partial charge in [0.25, 0.3) is 0 Å². The fourth-order valence-corrected chi connectivity index (χ4v) is 1.15. The molecule has 0 saturated heterocycles. The molecular formula is C8H9ClN4. The Morgan fingerprint density at radius 2 is 2.46 bits per heavy atom. The van der Waals surface area contributed by atoms with Gasteiger partial charge in [-0.05, 0) is 30.3 Å². The van der Waals surface area contributed by atoms with Crippen LogP contribution >= 0.6 is 11.8 Å². The second-order valence-corrected chi connectivity index (χ2v) is 2.86. The summed E-state index contributed by atoms with van der Waals surface area (Å²) >= 11 is 5.35. The van der Waals surface area contributed by atoms with Crippen molar-refractivity contribution in [2.75, 3.05) is 5.73 Å². The number of rotatable bonds is 2. The van der Waals surface area contributed by atoms with Crippen LogP contribution in [0, 0.1) is 18.3 Å². The number of nitrogens with two attached hydrogens (primary N) is 1. The van der Waals surface area contributed by atoms with E-state index in [-0.39, 0.29) is 5.82 Å². The van der Waals surface area contributed by atoms with Crippen molar-refractivity contribution in [1.29, 1.82) is 5.26 Å². The Morgan fingerprint density at radius 1 is 1.77 bits per heavy atom. The van der Waals surface area contributed by atoms with E-state index in [0.29, 0.717) is 12.1 Å². The van der Waals surface area contributed by atoms with Gasteiger partial charge in [-0.3, -0.25) is 0 Å². The van der Waals surface area contributed by atoms with Crippen LogP contribution in [0.4, 0.5) is 5.82 Å². The quantitative estimate of drug-likeness (QED) is 0.695. The van der Waals surface area contributed by atoms with Crippen molar-refractivity contribution in [1.82, 2.24) is 9.82 Å². The summed E-state index contributed by atoms with van der Waals surface area (Å²) in [6.45, 7) is 2.29. The van der Waals surface area contributed by atoms with Gasteiger partial charge in [0, 0.05) is 12.2 Å². The van der Waals surface area contributed by atoms with Gasteiger partial charge in [-0.2, -0.15) is 5.26 Å². The predicted octanol–water partition coefficient (Wildman–Crippen LogP) is 1.09. The SMILES string of the molecule is Cc1nc(N)c(C#N)cc1CNCl. The number of nitrogens with one attached hydrogen (secondary N) is 1. The molecule has 0 unspecified atom stereocenters. The van der Waals surface area contributed by atoms with E-state index in [0.717, 1.165) is 11.3 Å². The standard InChI is InChI=1S/C8H9ClN4/c1-5-7(4-12-9)2-6(3-10)8(11)13-5/h2,12H,4H2,1H3,(H2,11,13). The Hall–Kier alpha value is -1.31. The fourth-order valence-electron chi connectivity index (χ4n) is 1.01. The largest absolute Gasteiger partial charge is 0.383 e. The number of nitrogens with zero attached hydrogens (tertiary/aromatic N) is 2. The van der Waals surface area contributed by atoms with Gasteiger partial charge < -0.3 is 5.73 Å². The van der Waals surface area contributed by atoms with Crippen molar-refractivity contribution in [3.05, 3.63) is 22.9 Å². The van der Waals surface area contributed by atoms with Crippen LogP contribution in [0.15, 0.2) is 6.07 Å². The summed E-state index contributed by atoms with van der Waals surface area (Å²) in [7, 11) is 0. The maximum absolute atomic E-state index is 8.68.